The van der Waals surface area contributed by atoms with Crippen molar-refractivity contribution in [1.82, 2.24) is 0 Å². The minimum absolute atomic E-state index is 0.0938. The number of anilines is 1. The van der Waals surface area contributed by atoms with Gasteiger partial charge < -0.3 is 5.32 Å². The molecule has 0 fully saturated rings. The third kappa shape index (κ3) is 3.07. The maximum absolute atomic E-state index is 10.8. The van der Waals surface area contributed by atoms with Gasteiger partial charge >= 0.3 is 0 Å². The Hall–Kier alpha value is 0.130. The molecule has 13 heavy (non-hydrogen) atoms. The number of rotatable bonds is 1. The highest BCUT2D eigenvalue weighted by Crippen LogP contribution is 2.34. The van der Waals surface area contributed by atoms with Crippen molar-refractivity contribution in [1.29, 1.82) is 0 Å². The van der Waals surface area contributed by atoms with Crippen LogP contribution < -0.4 is 5.32 Å². The van der Waals surface area contributed by atoms with Crippen LogP contribution in [-0.4, -0.2) is 5.91 Å². The number of carbonyl (C=O) groups is 1. The predicted octanol–water partition coefficient (Wildman–Crippen LogP) is 3.93. The second kappa shape index (κ2) is 4.57. The monoisotopic (exact) mass is 369 g/mol. The molecule has 70 valence electrons. The summed E-state index contributed by atoms with van der Waals surface area (Å²) in [5.41, 5.74) is 0.746. The maximum atomic E-state index is 10.8. The highest BCUT2D eigenvalue weighted by molar-refractivity contribution is 9.11. The van der Waals surface area contributed by atoms with Crippen molar-refractivity contribution in [3.05, 3.63) is 25.6 Å². The molecule has 1 rings (SSSR count). The van der Waals surface area contributed by atoms with E-state index in [1.54, 1.807) is 0 Å². The lowest BCUT2D eigenvalue weighted by Crippen LogP contribution is -2.06. The van der Waals surface area contributed by atoms with Crippen molar-refractivity contribution in [2.24, 2.45) is 0 Å². The Morgan fingerprint density at radius 2 is 1.69 bits per heavy atom. The number of nitrogens with one attached hydrogen (secondary N) is 1. The van der Waals surface area contributed by atoms with Crippen molar-refractivity contribution >= 4 is 59.4 Å². The fourth-order valence-electron chi connectivity index (χ4n) is 0.838. The van der Waals surface area contributed by atoms with E-state index >= 15 is 0 Å². The standard InChI is InChI=1S/C8H6Br3NO/c1-4(13)12-8-6(10)2-5(9)3-7(8)11/h2-3H,1H3,(H,12,13). The third-order valence-electron chi connectivity index (χ3n) is 1.31. The first-order chi connectivity index (χ1) is 6.00. The molecule has 0 saturated heterocycles. The van der Waals surface area contributed by atoms with Gasteiger partial charge in [-0.25, -0.2) is 0 Å². The molecule has 0 saturated carbocycles. The number of hydrogen-bond acceptors (Lipinski definition) is 1. The Balaban J connectivity index is 3.13. The predicted molar refractivity (Wildman–Crippen MR) is 63.8 cm³/mol. The normalized spacial score (nSPS) is 9.85. The summed E-state index contributed by atoms with van der Waals surface area (Å²) in [6.45, 7) is 1.47. The number of hydrogen-bond donors (Lipinski definition) is 1. The van der Waals surface area contributed by atoms with Gasteiger partial charge in [0.1, 0.15) is 0 Å². The van der Waals surface area contributed by atoms with Gasteiger partial charge in [-0.05, 0) is 44.0 Å². The van der Waals surface area contributed by atoms with Gasteiger partial charge in [0.2, 0.25) is 5.91 Å². The Morgan fingerprint density at radius 3 is 2.08 bits per heavy atom. The van der Waals surface area contributed by atoms with Crippen LogP contribution in [0.2, 0.25) is 0 Å². The highest BCUT2D eigenvalue weighted by atomic mass is 79.9. The molecule has 1 amide bonds. The van der Waals surface area contributed by atoms with Gasteiger partial charge in [0, 0.05) is 20.3 Å². The van der Waals surface area contributed by atoms with E-state index in [0.717, 1.165) is 19.1 Å². The van der Waals surface area contributed by atoms with Crippen LogP contribution in [0.1, 0.15) is 6.92 Å². The van der Waals surface area contributed by atoms with E-state index in [0.29, 0.717) is 0 Å². The van der Waals surface area contributed by atoms with E-state index in [9.17, 15) is 4.79 Å². The first-order valence-electron chi connectivity index (χ1n) is 3.43. The largest absolute Gasteiger partial charge is 0.324 e. The lowest BCUT2D eigenvalue weighted by molar-refractivity contribution is -0.114. The van der Waals surface area contributed by atoms with E-state index < -0.39 is 0 Å². The Labute approximate surface area is 101 Å². The van der Waals surface area contributed by atoms with Crippen LogP contribution in [0.4, 0.5) is 5.69 Å². The fraction of sp³-hybridized carbons (Fsp3) is 0.125. The summed E-state index contributed by atoms with van der Waals surface area (Å²) >= 11 is 10.0. The smallest absolute Gasteiger partial charge is 0.221 e. The Kier molecular flexibility index (Phi) is 3.94. The van der Waals surface area contributed by atoms with Gasteiger partial charge in [-0.15, -0.1) is 0 Å². The summed E-state index contributed by atoms with van der Waals surface area (Å²) < 4.78 is 2.62. The minimum Gasteiger partial charge on any atom is -0.324 e. The summed E-state index contributed by atoms with van der Waals surface area (Å²) in [5, 5.41) is 2.72. The molecule has 5 heteroatoms. The number of amides is 1. The number of carbonyl (C=O) groups excluding carboxylic acids is 1. The molecule has 1 aromatic carbocycles. The second-order valence-corrected chi connectivity index (χ2v) is 5.05. The minimum atomic E-state index is -0.0938. The van der Waals surface area contributed by atoms with Crippen molar-refractivity contribution < 1.29 is 4.79 Å². The molecule has 0 aliphatic heterocycles. The van der Waals surface area contributed by atoms with Crippen LogP contribution in [0, 0.1) is 0 Å². The van der Waals surface area contributed by atoms with Gasteiger partial charge in [0.25, 0.3) is 0 Å². The van der Waals surface area contributed by atoms with Crippen LogP contribution in [0.15, 0.2) is 25.6 Å². The van der Waals surface area contributed by atoms with Gasteiger partial charge in [-0.3, -0.25) is 4.79 Å². The quantitative estimate of drug-likeness (QED) is 0.796. The van der Waals surface area contributed by atoms with E-state index in [4.69, 9.17) is 0 Å². The van der Waals surface area contributed by atoms with Crippen LogP contribution in [0.25, 0.3) is 0 Å². The van der Waals surface area contributed by atoms with Crippen molar-refractivity contribution in [3.63, 3.8) is 0 Å². The first kappa shape index (κ1) is 11.2. The molecule has 0 heterocycles. The topological polar surface area (TPSA) is 29.1 Å². The van der Waals surface area contributed by atoms with E-state index in [-0.39, 0.29) is 5.91 Å². The molecule has 0 unspecified atom stereocenters. The molecule has 2 nitrogen and oxygen atoms in total. The molecule has 1 aromatic rings. The van der Waals surface area contributed by atoms with E-state index in [1.165, 1.54) is 6.92 Å². The summed E-state index contributed by atoms with van der Waals surface area (Å²) in [6.07, 6.45) is 0. The molecular formula is C8H6Br3NO. The zero-order chi connectivity index (χ0) is 10.0. The molecular weight excluding hydrogens is 366 g/mol. The average molecular weight is 372 g/mol. The molecule has 0 aliphatic rings. The molecule has 0 spiro atoms. The zero-order valence-corrected chi connectivity index (χ0v) is 11.5. The molecule has 0 radical (unpaired) electrons. The lowest BCUT2D eigenvalue weighted by atomic mass is 10.3. The number of benzene rings is 1. The average Bonchev–Trinajstić information content (AvgIpc) is 1.96. The van der Waals surface area contributed by atoms with Crippen LogP contribution >= 0.6 is 47.8 Å². The van der Waals surface area contributed by atoms with E-state index in [1.807, 2.05) is 12.1 Å². The van der Waals surface area contributed by atoms with Crippen LogP contribution in [0.3, 0.4) is 0 Å². The molecule has 0 atom stereocenters. The van der Waals surface area contributed by atoms with Crippen LogP contribution in [-0.2, 0) is 4.79 Å². The van der Waals surface area contributed by atoms with Gasteiger partial charge in [0.15, 0.2) is 0 Å². The zero-order valence-electron chi connectivity index (χ0n) is 6.70. The number of halogens is 3. The lowest BCUT2D eigenvalue weighted by Gasteiger charge is -2.07. The van der Waals surface area contributed by atoms with Gasteiger partial charge in [0.05, 0.1) is 5.69 Å². The Bertz CT molecular complexity index is 328. The summed E-state index contributed by atoms with van der Waals surface area (Å²) in [6, 6.07) is 3.74. The maximum Gasteiger partial charge on any atom is 0.221 e. The van der Waals surface area contributed by atoms with Gasteiger partial charge in [-0.1, -0.05) is 15.9 Å². The Morgan fingerprint density at radius 1 is 1.23 bits per heavy atom. The summed E-state index contributed by atoms with van der Waals surface area (Å²) in [4.78, 5) is 10.8. The summed E-state index contributed by atoms with van der Waals surface area (Å²) in [5.74, 6) is -0.0938. The third-order valence-corrected chi connectivity index (χ3v) is 3.02. The highest BCUT2D eigenvalue weighted by Gasteiger charge is 2.07. The molecule has 0 bridgehead atoms. The van der Waals surface area contributed by atoms with Gasteiger partial charge in [-0.2, -0.15) is 0 Å². The second-order valence-electron chi connectivity index (χ2n) is 2.43. The first-order valence-corrected chi connectivity index (χ1v) is 5.80. The summed E-state index contributed by atoms with van der Waals surface area (Å²) in [7, 11) is 0. The SMILES string of the molecule is CC(=O)Nc1c(Br)cc(Br)cc1Br. The van der Waals surface area contributed by atoms with Crippen LogP contribution in [0.5, 0.6) is 0 Å². The molecule has 1 N–H and O–H groups in total. The van der Waals surface area contributed by atoms with Crippen molar-refractivity contribution in [2.45, 2.75) is 6.92 Å². The van der Waals surface area contributed by atoms with Crippen molar-refractivity contribution in [2.75, 3.05) is 5.32 Å². The molecule has 0 aromatic heterocycles. The molecule has 0 aliphatic carbocycles. The fourth-order valence-corrected chi connectivity index (χ4v) is 3.29. The van der Waals surface area contributed by atoms with E-state index in [2.05, 4.69) is 53.1 Å². The van der Waals surface area contributed by atoms with Crippen molar-refractivity contribution in [3.8, 4) is 0 Å².